The summed E-state index contributed by atoms with van der Waals surface area (Å²) in [5.41, 5.74) is 4.25. The Morgan fingerprint density at radius 3 is 2.50 bits per heavy atom. The van der Waals surface area contributed by atoms with E-state index in [0.717, 1.165) is 18.3 Å². The van der Waals surface area contributed by atoms with Crippen LogP contribution in [0.4, 0.5) is 20.3 Å². The molecular weight excluding hydrogens is 358 g/mol. The lowest BCUT2D eigenvalue weighted by molar-refractivity contribution is 0.557. The van der Waals surface area contributed by atoms with Crippen LogP contribution >= 0.6 is 15.9 Å². The van der Waals surface area contributed by atoms with Crippen molar-refractivity contribution < 1.29 is 17.2 Å². The maximum atomic E-state index is 13.7. The second-order valence-electron chi connectivity index (χ2n) is 3.60. The Hall–Kier alpha value is -1.81. The first kappa shape index (κ1) is 14.6. The molecule has 0 radical (unpaired) electrons. The van der Waals surface area contributed by atoms with Gasteiger partial charge in [-0.3, -0.25) is 4.72 Å². The first-order valence-electron chi connectivity index (χ1n) is 5.05. The lowest BCUT2D eigenvalue weighted by Crippen LogP contribution is -2.16. The van der Waals surface area contributed by atoms with E-state index in [9.17, 15) is 17.2 Å². The molecular formula is C10H7BrF2N4O2S. The first-order chi connectivity index (χ1) is 9.31. The molecule has 3 N–H and O–H groups in total. The van der Waals surface area contributed by atoms with E-state index in [2.05, 4.69) is 25.9 Å². The van der Waals surface area contributed by atoms with Crippen LogP contribution in [0, 0.1) is 11.6 Å². The van der Waals surface area contributed by atoms with Crippen molar-refractivity contribution in [1.29, 1.82) is 0 Å². The van der Waals surface area contributed by atoms with E-state index in [0.29, 0.717) is 4.60 Å². The molecule has 2 rings (SSSR count). The van der Waals surface area contributed by atoms with Crippen LogP contribution in [0.1, 0.15) is 0 Å². The summed E-state index contributed by atoms with van der Waals surface area (Å²) in [6, 6.07) is 1.54. The monoisotopic (exact) mass is 364 g/mol. The first-order valence-corrected chi connectivity index (χ1v) is 7.33. The van der Waals surface area contributed by atoms with Crippen LogP contribution < -0.4 is 10.5 Å². The molecule has 0 bridgehead atoms. The SMILES string of the molecule is Nc1c(F)ccc(S(=O)(=O)Nc2cnc(Br)cn2)c1F. The molecule has 0 saturated carbocycles. The average Bonchev–Trinajstić information content (AvgIpc) is 2.38. The van der Waals surface area contributed by atoms with Crippen molar-refractivity contribution in [2.24, 2.45) is 0 Å². The topological polar surface area (TPSA) is 98.0 Å². The Morgan fingerprint density at radius 1 is 1.20 bits per heavy atom. The largest absolute Gasteiger partial charge is 0.394 e. The number of nitrogens with one attached hydrogen (secondary N) is 1. The van der Waals surface area contributed by atoms with Crippen LogP contribution in [0.25, 0.3) is 0 Å². The second kappa shape index (κ2) is 5.29. The zero-order valence-corrected chi connectivity index (χ0v) is 12.0. The highest BCUT2D eigenvalue weighted by Gasteiger charge is 2.23. The second-order valence-corrected chi connectivity index (χ2v) is 6.07. The molecule has 0 fully saturated rings. The highest BCUT2D eigenvalue weighted by atomic mass is 79.9. The minimum absolute atomic E-state index is 0.115. The number of halogens is 3. The maximum absolute atomic E-state index is 13.7. The van der Waals surface area contributed by atoms with E-state index < -0.39 is 32.2 Å². The molecule has 2 aromatic rings. The fraction of sp³-hybridized carbons (Fsp3) is 0. The summed E-state index contributed by atoms with van der Waals surface area (Å²) in [4.78, 5) is 6.71. The third kappa shape index (κ3) is 2.85. The quantitative estimate of drug-likeness (QED) is 0.810. The molecule has 0 unspecified atom stereocenters. The number of anilines is 2. The van der Waals surface area contributed by atoms with Gasteiger partial charge < -0.3 is 5.73 Å². The van der Waals surface area contributed by atoms with Gasteiger partial charge in [0.25, 0.3) is 10.0 Å². The van der Waals surface area contributed by atoms with E-state index in [4.69, 9.17) is 5.73 Å². The molecule has 0 aliphatic rings. The molecule has 0 aliphatic carbocycles. The van der Waals surface area contributed by atoms with E-state index in [1.165, 1.54) is 6.20 Å². The van der Waals surface area contributed by atoms with Crippen LogP contribution in [-0.4, -0.2) is 18.4 Å². The van der Waals surface area contributed by atoms with Gasteiger partial charge in [-0.1, -0.05) is 0 Å². The van der Waals surface area contributed by atoms with Crippen molar-refractivity contribution in [3.63, 3.8) is 0 Å². The predicted octanol–water partition coefficient (Wildman–Crippen LogP) is 1.90. The van der Waals surface area contributed by atoms with Crippen molar-refractivity contribution in [3.8, 4) is 0 Å². The third-order valence-corrected chi connectivity index (χ3v) is 4.02. The summed E-state index contributed by atoms with van der Waals surface area (Å²) in [6.07, 6.45) is 2.39. The van der Waals surface area contributed by atoms with Gasteiger partial charge >= 0.3 is 0 Å². The summed E-state index contributed by atoms with van der Waals surface area (Å²) in [5, 5.41) is 0. The molecule has 20 heavy (non-hydrogen) atoms. The number of hydrogen-bond acceptors (Lipinski definition) is 5. The van der Waals surface area contributed by atoms with Crippen molar-refractivity contribution in [3.05, 3.63) is 40.8 Å². The molecule has 0 saturated heterocycles. The van der Waals surface area contributed by atoms with Gasteiger partial charge in [-0.2, -0.15) is 0 Å². The number of hydrogen-bond donors (Lipinski definition) is 2. The summed E-state index contributed by atoms with van der Waals surface area (Å²) >= 11 is 3.03. The maximum Gasteiger partial charge on any atom is 0.266 e. The van der Waals surface area contributed by atoms with Gasteiger partial charge in [0.2, 0.25) is 0 Å². The van der Waals surface area contributed by atoms with Gasteiger partial charge in [0.15, 0.2) is 11.6 Å². The summed E-state index contributed by atoms with van der Waals surface area (Å²) < 4.78 is 53.0. The Balaban J connectivity index is 2.41. The molecule has 1 aromatic heterocycles. The van der Waals surface area contributed by atoms with E-state index in [1.807, 2.05) is 4.72 Å². The molecule has 0 atom stereocenters. The normalized spacial score (nSPS) is 11.3. The number of nitrogen functional groups attached to an aromatic ring is 1. The summed E-state index contributed by atoms with van der Waals surface area (Å²) in [6.45, 7) is 0. The molecule has 0 spiro atoms. The lowest BCUT2D eigenvalue weighted by Gasteiger charge is -2.09. The van der Waals surface area contributed by atoms with Crippen molar-refractivity contribution in [2.45, 2.75) is 4.90 Å². The summed E-state index contributed by atoms with van der Waals surface area (Å²) in [5.74, 6) is -2.51. The van der Waals surface area contributed by atoms with Crippen LogP contribution in [0.3, 0.4) is 0 Å². The molecule has 6 nitrogen and oxygen atoms in total. The molecule has 0 amide bonds. The lowest BCUT2D eigenvalue weighted by atomic mass is 10.3. The minimum Gasteiger partial charge on any atom is -0.394 e. The Morgan fingerprint density at radius 2 is 1.90 bits per heavy atom. The number of rotatable bonds is 3. The van der Waals surface area contributed by atoms with Crippen molar-refractivity contribution in [2.75, 3.05) is 10.5 Å². The summed E-state index contributed by atoms with van der Waals surface area (Å²) in [7, 11) is -4.29. The van der Waals surface area contributed by atoms with Gasteiger partial charge in [0.05, 0.1) is 12.4 Å². The number of nitrogens with zero attached hydrogens (tertiary/aromatic N) is 2. The highest BCUT2D eigenvalue weighted by Crippen LogP contribution is 2.24. The Labute approximate surface area is 121 Å². The average molecular weight is 365 g/mol. The van der Waals surface area contributed by atoms with Gasteiger partial charge in [-0.05, 0) is 28.1 Å². The molecule has 0 aliphatic heterocycles. The van der Waals surface area contributed by atoms with Crippen LogP contribution in [0.15, 0.2) is 34.0 Å². The van der Waals surface area contributed by atoms with Gasteiger partial charge in [0.1, 0.15) is 21.0 Å². The smallest absolute Gasteiger partial charge is 0.266 e. The van der Waals surface area contributed by atoms with E-state index >= 15 is 0 Å². The van der Waals surface area contributed by atoms with Crippen LogP contribution in [0.2, 0.25) is 0 Å². The Kier molecular flexibility index (Phi) is 3.86. The third-order valence-electron chi connectivity index (χ3n) is 2.24. The van der Waals surface area contributed by atoms with Crippen LogP contribution in [-0.2, 0) is 10.0 Å². The van der Waals surface area contributed by atoms with Crippen LogP contribution in [0.5, 0.6) is 0 Å². The molecule has 1 heterocycles. The highest BCUT2D eigenvalue weighted by molar-refractivity contribution is 9.10. The standard InChI is InChI=1S/C10H7BrF2N4O2S/c11-7-3-16-8(4-15-7)17-20(18,19)6-2-1-5(12)10(14)9(6)13/h1-4H,14H2,(H,16,17). The van der Waals surface area contributed by atoms with Gasteiger partial charge in [0, 0.05) is 0 Å². The Bertz CT molecular complexity index is 753. The number of benzene rings is 1. The number of aromatic nitrogens is 2. The molecule has 1 aromatic carbocycles. The van der Waals surface area contributed by atoms with Crippen molar-refractivity contribution >= 4 is 37.5 Å². The van der Waals surface area contributed by atoms with E-state index in [1.54, 1.807) is 0 Å². The molecule has 106 valence electrons. The van der Waals surface area contributed by atoms with Gasteiger partial charge in [-0.25, -0.2) is 27.2 Å². The zero-order chi connectivity index (χ0) is 14.9. The van der Waals surface area contributed by atoms with Crippen molar-refractivity contribution in [1.82, 2.24) is 9.97 Å². The predicted molar refractivity (Wildman–Crippen MR) is 71.3 cm³/mol. The number of sulfonamides is 1. The minimum atomic E-state index is -4.29. The fourth-order valence-corrected chi connectivity index (χ4v) is 2.60. The molecule has 10 heteroatoms. The van der Waals surface area contributed by atoms with Gasteiger partial charge in [-0.15, -0.1) is 0 Å². The fourth-order valence-electron chi connectivity index (χ4n) is 1.31. The zero-order valence-electron chi connectivity index (χ0n) is 9.64. The number of nitrogens with two attached hydrogens (primary N) is 1. The van der Waals surface area contributed by atoms with E-state index in [-0.39, 0.29) is 5.82 Å².